The second-order valence-electron chi connectivity index (χ2n) is 3.70. The van der Waals surface area contributed by atoms with E-state index in [0.29, 0.717) is 17.4 Å². The third kappa shape index (κ3) is 1.81. The van der Waals surface area contributed by atoms with E-state index in [0.717, 1.165) is 25.7 Å². The number of anilines is 1. The fourth-order valence-electron chi connectivity index (χ4n) is 1.94. The van der Waals surface area contributed by atoms with Crippen molar-refractivity contribution in [2.75, 3.05) is 11.4 Å². The zero-order valence-electron chi connectivity index (χ0n) is 8.48. The predicted molar refractivity (Wildman–Crippen MR) is 58.5 cm³/mol. The monoisotopic (exact) mass is 225 g/mol. The summed E-state index contributed by atoms with van der Waals surface area (Å²) in [5.41, 5.74) is 0.396. The van der Waals surface area contributed by atoms with Gasteiger partial charge in [-0.2, -0.15) is 0 Å². The van der Waals surface area contributed by atoms with Crippen LogP contribution in [0.1, 0.15) is 30.1 Å². The van der Waals surface area contributed by atoms with Crippen molar-refractivity contribution in [3.05, 3.63) is 17.0 Å². The number of carbonyl (C=O) groups excluding carboxylic acids is 1. The Kier molecular flexibility index (Phi) is 2.86. The highest BCUT2D eigenvalue weighted by Gasteiger charge is 2.24. The summed E-state index contributed by atoms with van der Waals surface area (Å²) >= 11 is 5.85. The molecule has 1 aliphatic heterocycles. The van der Waals surface area contributed by atoms with E-state index in [-0.39, 0.29) is 5.15 Å². The minimum Gasteiger partial charge on any atom is -0.353 e. The Balaban J connectivity index is 2.42. The first-order valence-corrected chi connectivity index (χ1v) is 5.34. The first-order chi connectivity index (χ1) is 7.24. The number of hydrogen-bond acceptors (Lipinski definition) is 4. The first-order valence-electron chi connectivity index (χ1n) is 4.96. The summed E-state index contributed by atoms with van der Waals surface area (Å²) in [6.45, 7) is 3.05. The SMILES string of the molecule is CC1CCCN1c1ncnc(Cl)c1C=O. The normalized spacial score (nSPS) is 20.7. The van der Waals surface area contributed by atoms with Crippen molar-refractivity contribution in [3.63, 3.8) is 0 Å². The molecule has 1 aromatic heterocycles. The van der Waals surface area contributed by atoms with Crippen LogP contribution in [0.3, 0.4) is 0 Å². The largest absolute Gasteiger partial charge is 0.353 e. The van der Waals surface area contributed by atoms with Crippen LogP contribution in [-0.4, -0.2) is 28.8 Å². The van der Waals surface area contributed by atoms with Crippen LogP contribution >= 0.6 is 11.6 Å². The van der Waals surface area contributed by atoms with Crippen LogP contribution in [0.4, 0.5) is 5.82 Å². The molecular weight excluding hydrogens is 214 g/mol. The van der Waals surface area contributed by atoms with Gasteiger partial charge in [0.15, 0.2) is 6.29 Å². The second-order valence-corrected chi connectivity index (χ2v) is 4.06. The van der Waals surface area contributed by atoms with E-state index in [1.807, 2.05) is 0 Å². The second kappa shape index (κ2) is 4.14. The van der Waals surface area contributed by atoms with E-state index in [1.165, 1.54) is 6.33 Å². The molecule has 0 spiro atoms. The minimum absolute atomic E-state index is 0.231. The summed E-state index contributed by atoms with van der Waals surface area (Å²) in [5, 5.41) is 0.231. The van der Waals surface area contributed by atoms with Crippen LogP contribution in [0.5, 0.6) is 0 Å². The van der Waals surface area contributed by atoms with Crippen LogP contribution in [0.15, 0.2) is 6.33 Å². The third-order valence-electron chi connectivity index (χ3n) is 2.76. The van der Waals surface area contributed by atoms with E-state index in [2.05, 4.69) is 21.8 Å². The summed E-state index contributed by atoms with van der Waals surface area (Å²) in [7, 11) is 0. The molecule has 0 N–H and O–H groups in total. The van der Waals surface area contributed by atoms with Gasteiger partial charge in [-0.3, -0.25) is 4.79 Å². The van der Waals surface area contributed by atoms with Gasteiger partial charge in [0.2, 0.25) is 0 Å². The Hall–Kier alpha value is -1.16. The zero-order chi connectivity index (χ0) is 10.8. The van der Waals surface area contributed by atoms with Gasteiger partial charge < -0.3 is 4.90 Å². The molecule has 80 valence electrons. The summed E-state index contributed by atoms with van der Waals surface area (Å²) in [6.07, 6.45) is 4.37. The third-order valence-corrected chi connectivity index (χ3v) is 3.06. The van der Waals surface area contributed by atoms with Crippen molar-refractivity contribution in [2.45, 2.75) is 25.8 Å². The molecule has 0 aromatic carbocycles. The maximum absolute atomic E-state index is 10.9. The van der Waals surface area contributed by atoms with Crippen molar-refractivity contribution in [3.8, 4) is 0 Å². The summed E-state index contributed by atoms with van der Waals surface area (Å²) < 4.78 is 0. The fraction of sp³-hybridized carbons (Fsp3) is 0.500. The van der Waals surface area contributed by atoms with E-state index in [9.17, 15) is 4.79 Å². The van der Waals surface area contributed by atoms with Gasteiger partial charge in [-0.25, -0.2) is 9.97 Å². The maximum Gasteiger partial charge on any atom is 0.156 e. The molecule has 0 radical (unpaired) electrons. The molecule has 1 unspecified atom stereocenters. The fourth-order valence-corrected chi connectivity index (χ4v) is 2.12. The van der Waals surface area contributed by atoms with Crippen molar-refractivity contribution in [1.29, 1.82) is 0 Å². The lowest BCUT2D eigenvalue weighted by Gasteiger charge is -2.23. The maximum atomic E-state index is 10.9. The molecule has 1 atom stereocenters. The zero-order valence-corrected chi connectivity index (χ0v) is 9.24. The lowest BCUT2D eigenvalue weighted by molar-refractivity contribution is 0.112. The van der Waals surface area contributed by atoms with Gasteiger partial charge >= 0.3 is 0 Å². The van der Waals surface area contributed by atoms with Gasteiger partial charge in [0.05, 0.1) is 5.56 Å². The Morgan fingerprint density at radius 2 is 2.40 bits per heavy atom. The van der Waals surface area contributed by atoms with Gasteiger partial charge in [-0.1, -0.05) is 11.6 Å². The molecule has 1 saturated heterocycles. The molecule has 0 bridgehead atoms. The number of hydrogen-bond donors (Lipinski definition) is 0. The topological polar surface area (TPSA) is 46.1 Å². The van der Waals surface area contributed by atoms with Crippen LogP contribution in [0.2, 0.25) is 5.15 Å². The van der Waals surface area contributed by atoms with Crippen molar-refractivity contribution in [2.24, 2.45) is 0 Å². The molecule has 4 nitrogen and oxygen atoms in total. The molecule has 15 heavy (non-hydrogen) atoms. The standard InChI is InChI=1S/C10H12ClN3O/c1-7-3-2-4-14(7)10-8(5-15)9(11)12-6-13-10/h5-7H,2-4H2,1H3. The van der Waals surface area contributed by atoms with E-state index in [1.54, 1.807) is 0 Å². The van der Waals surface area contributed by atoms with Gasteiger partial charge in [0.1, 0.15) is 17.3 Å². The van der Waals surface area contributed by atoms with Gasteiger partial charge in [0, 0.05) is 12.6 Å². The molecule has 2 rings (SSSR count). The number of rotatable bonds is 2. The Bertz CT molecular complexity index is 383. The summed E-state index contributed by atoms with van der Waals surface area (Å²) in [5.74, 6) is 0.662. The van der Waals surface area contributed by atoms with Crippen molar-refractivity contribution < 1.29 is 4.79 Å². The van der Waals surface area contributed by atoms with Crippen LogP contribution in [-0.2, 0) is 0 Å². The highest BCUT2D eigenvalue weighted by atomic mass is 35.5. The van der Waals surface area contributed by atoms with Gasteiger partial charge in [-0.05, 0) is 19.8 Å². The highest BCUT2D eigenvalue weighted by Crippen LogP contribution is 2.27. The van der Waals surface area contributed by atoms with Crippen LogP contribution in [0.25, 0.3) is 0 Å². The average molecular weight is 226 g/mol. The van der Waals surface area contributed by atoms with Crippen LogP contribution in [0, 0.1) is 0 Å². The molecule has 1 aliphatic rings. The minimum atomic E-state index is 0.231. The molecule has 2 heterocycles. The van der Waals surface area contributed by atoms with Crippen molar-refractivity contribution >= 4 is 23.7 Å². The molecule has 1 aromatic rings. The molecule has 0 aliphatic carbocycles. The van der Waals surface area contributed by atoms with E-state index in [4.69, 9.17) is 11.6 Å². The predicted octanol–water partition coefficient (Wildman–Crippen LogP) is 1.93. The number of aldehydes is 1. The molecular formula is C10H12ClN3O. The first kappa shape index (κ1) is 10.4. The smallest absolute Gasteiger partial charge is 0.156 e. The Morgan fingerprint density at radius 3 is 3.00 bits per heavy atom. The molecule has 0 amide bonds. The summed E-state index contributed by atoms with van der Waals surface area (Å²) in [6, 6.07) is 0.412. The lowest BCUT2D eigenvalue weighted by Crippen LogP contribution is -2.28. The number of aromatic nitrogens is 2. The average Bonchev–Trinajstić information content (AvgIpc) is 2.64. The summed E-state index contributed by atoms with van der Waals surface area (Å²) in [4.78, 5) is 21.0. The lowest BCUT2D eigenvalue weighted by atomic mass is 10.2. The van der Waals surface area contributed by atoms with E-state index < -0.39 is 0 Å². The Labute approximate surface area is 93.3 Å². The van der Waals surface area contributed by atoms with Crippen LogP contribution < -0.4 is 4.90 Å². The number of nitrogens with zero attached hydrogens (tertiary/aromatic N) is 3. The van der Waals surface area contributed by atoms with Crippen molar-refractivity contribution in [1.82, 2.24) is 9.97 Å². The molecule has 1 fully saturated rings. The quantitative estimate of drug-likeness (QED) is 0.570. The highest BCUT2D eigenvalue weighted by molar-refractivity contribution is 6.32. The molecule has 0 saturated carbocycles. The van der Waals surface area contributed by atoms with E-state index >= 15 is 0 Å². The molecule has 5 heteroatoms. The number of halogens is 1. The van der Waals surface area contributed by atoms with Gasteiger partial charge in [-0.15, -0.1) is 0 Å². The van der Waals surface area contributed by atoms with Gasteiger partial charge in [0.25, 0.3) is 0 Å². The number of carbonyl (C=O) groups is 1. The Morgan fingerprint density at radius 1 is 1.60 bits per heavy atom.